The van der Waals surface area contributed by atoms with Crippen molar-refractivity contribution in [3.05, 3.63) is 35.9 Å². The molecule has 1 aromatic rings. The van der Waals surface area contributed by atoms with Crippen molar-refractivity contribution in [1.29, 1.82) is 0 Å². The van der Waals surface area contributed by atoms with Gasteiger partial charge in [-0.1, -0.05) is 25.1 Å². The standard InChI is InChI=1S/C25H32N2O6/c1-6-23-10-7-12-27-13-11-24(19(23)27)17-9-8-16(31-4)14-18(17)26(3)20(24)25(30,22(29)32-5)21(23)33-15(2)28/h7-10,14,19-21,30H,6,11-13H2,1-5H3/t19-,20-,21+,23+,24-,25-/m0/s1. The Bertz CT molecular complexity index is 1040. The number of aliphatic hydroxyl groups is 1. The average Bonchev–Trinajstić information content (AvgIpc) is 3.32. The minimum atomic E-state index is -2.08. The molecule has 1 aromatic carbocycles. The summed E-state index contributed by atoms with van der Waals surface area (Å²) >= 11 is 0. The highest BCUT2D eigenvalue weighted by atomic mass is 16.6. The molecule has 0 unspecified atom stereocenters. The van der Waals surface area contributed by atoms with Gasteiger partial charge in [0.2, 0.25) is 5.60 Å². The maximum atomic E-state index is 13.5. The number of carbonyl (C=O) groups is 2. The molecule has 1 N–H and O–H groups in total. The van der Waals surface area contributed by atoms with Gasteiger partial charge < -0.3 is 24.2 Å². The molecule has 1 spiro atoms. The number of benzene rings is 1. The largest absolute Gasteiger partial charge is 0.497 e. The number of likely N-dealkylation sites (N-methyl/N-ethyl adjacent to an activating group) is 1. The molecule has 3 heterocycles. The molecule has 8 heteroatoms. The fourth-order valence-electron chi connectivity index (χ4n) is 7.68. The van der Waals surface area contributed by atoms with Gasteiger partial charge in [0.1, 0.15) is 5.75 Å². The molecule has 1 aliphatic carbocycles. The van der Waals surface area contributed by atoms with Crippen LogP contribution < -0.4 is 9.64 Å². The maximum Gasteiger partial charge on any atom is 0.344 e. The molecule has 0 amide bonds. The lowest BCUT2D eigenvalue weighted by Crippen LogP contribution is -2.81. The van der Waals surface area contributed by atoms with Crippen LogP contribution in [0.25, 0.3) is 0 Å². The highest BCUT2D eigenvalue weighted by Gasteiger charge is 2.80. The van der Waals surface area contributed by atoms with Crippen molar-refractivity contribution in [1.82, 2.24) is 4.90 Å². The van der Waals surface area contributed by atoms with Crippen LogP contribution in [-0.4, -0.2) is 80.1 Å². The van der Waals surface area contributed by atoms with Crippen LogP contribution in [0.1, 0.15) is 32.3 Å². The normalized spacial score (nSPS) is 38.4. The van der Waals surface area contributed by atoms with Crippen molar-refractivity contribution in [2.75, 3.05) is 39.3 Å². The molecule has 8 nitrogen and oxygen atoms in total. The molecule has 33 heavy (non-hydrogen) atoms. The Hall–Kier alpha value is -2.58. The van der Waals surface area contributed by atoms with Crippen molar-refractivity contribution >= 4 is 17.6 Å². The summed E-state index contributed by atoms with van der Waals surface area (Å²) in [6, 6.07) is 5.22. The van der Waals surface area contributed by atoms with E-state index in [1.165, 1.54) is 14.0 Å². The summed E-state index contributed by atoms with van der Waals surface area (Å²) in [5.74, 6) is -0.617. The SMILES string of the molecule is CC[C@]12C=CCN3CC[C@]4(c5ccc(OC)cc5N(C)[C@@H]4[C@@](O)(C(=O)OC)[C@@H]1OC(C)=O)[C@@H]32. The Labute approximate surface area is 194 Å². The predicted molar refractivity (Wildman–Crippen MR) is 121 cm³/mol. The van der Waals surface area contributed by atoms with Gasteiger partial charge in [-0.2, -0.15) is 0 Å². The molecule has 2 fully saturated rings. The van der Waals surface area contributed by atoms with Crippen LogP contribution in [0, 0.1) is 5.41 Å². The third kappa shape index (κ3) is 2.48. The zero-order valence-electron chi connectivity index (χ0n) is 19.8. The number of rotatable bonds is 4. The first-order chi connectivity index (χ1) is 15.7. The van der Waals surface area contributed by atoms with E-state index in [0.29, 0.717) is 12.2 Å². The van der Waals surface area contributed by atoms with Gasteiger partial charge in [-0.05, 0) is 31.0 Å². The number of hydrogen-bond acceptors (Lipinski definition) is 8. The molecule has 0 bridgehead atoms. The van der Waals surface area contributed by atoms with Crippen LogP contribution in [0.5, 0.6) is 5.75 Å². The van der Waals surface area contributed by atoms with Crippen molar-refractivity contribution in [3.8, 4) is 5.75 Å². The molecular weight excluding hydrogens is 424 g/mol. The Kier molecular flexibility index (Phi) is 4.85. The van der Waals surface area contributed by atoms with E-state index in [1.807, 2.05) is 31.0 Å². The molecule has 0 aromatic heterocycles. The fraction of sp³-hybridized carbons (Fsp3) is 0.600. The number of fused-ring (bicyclic) bond motifs is 1. The molecule has 178 valence electrons. The first kappa shape index (κ1) is 22.2. The number of esters is 2. The number of nitrogens with zero attached hydrogens (tertiary/aromatic N) is 2. The van der Waals surface area contributed by atoms with E-state index in [0.717, 1.165) is 30.8 Å². The van der Waals surface area contributed by atoms with Gasteiger partial charge in [0, 0.05) is 49.1 Å². The molecule has 4 aliphatic rings. The second-order valence-electron chi connectivity index (χ2n) is 9.76. The van der Waals surface area contributed by atoms with Gasteiger partial charge >= 0.3 is 11.9 Å². The van der Waals surface area contributed by atoms with E-state index in [-0.39, 0.29) is 6.04 Å². The van der Waals surface area contributed by atoms with E-state index in [4.69, 9.17) is 14.2 Å². The number of ether oxygens (including phenoxy) is 3. The highest BCUT2D eigenvalue weighted by Crippen LogP contribution is 2.67. The van der Waals surface area contributed by atoms with E-state index < -0.39 is 40.5 Å². The zero-order chi connectivity index (χ0) is 23.8. The summed E-state index contributed by atoms with van der Waals surface area (Å²) in [6.07, 6.45) is 4.40. The number of carbonyl (C=O) groups excluding carboxylic acids is 2. The molecular formula is C25H32N2O6. The van der Waals surface area contributed by atoms with E-state index in [2.05, 4.69) is 23.1 Å². The average molecular weight is 457 g/mol. The zero-order valence-corrected chi connectivity index (χ0v) is 19.8. The van der Waals surface area contributed by atoms with Crippen LogP contribution in [-0.2, 0) is 24.5 Å². The second-order valence-corrected chi connectivity index (χ2v) is 9.76. The van der Waals surface area contributed by atoms with Crippen molar-refractivity contribution in [2.24, 2.45) is 5.41 Å². The van der Waals surface area contributed by atoms with Crippen LogP contribution in [0.15, 0.2) is 30.4 Å². The van der Waals surface area contributed by atoms with Crippen LogP contribution >= 0.6 is 0 Å². The molecule has 6 atom stereocenters. The van der Waals surface area contributed by atoms with E-state index in [9.17, 15) is 14.7 Å². The maximum absolute atomic E-state index is 13.5. The van der Waals surface area contributed by atoms with Crippen molar-refractivity contribution < 1.29 is 28.9 Å². The minimum Gasteiger partial charge on any atom is -0.497 e. The number of anilines is 1. The van der Waals surface area contributed by atoms with Crippen LogP contribution in [0.2, 0.25) is 0 Å². The van der Waals surface area contributed by atoms with Crippen molar-refractivity contribution in [2.45, 2.75) is 55.9 Å². The van der Waals surface area contributed by atoms with Crippen LogP contribution in [0.3, 0.4) is 0 Å². The molecule has 1 saturated carbocycles. The van der Waals surface area contributed by atoms with Gasteiger partial charge in [-0.15, -0.1) is 0 Å². The third-order valence-electron chi connectivity index (χ3n) is 8.62. The molecule has 3 aliphatic heterocycles. The van der Waals surface area contributed by atoms with Gasteiger partial charge in [-0.25, -0.2) is 4.79 Å². The summed E-state index contributed by atoms with van der Waals surface area (Å²) in [5.41, 5.74) is -1.41. The summed E-state index contributed by atoms with van der Waals surface area (Å²) in [4.78, 5) is 30.2. The topological polar surface area (TPSA) is 88.5 Å². The molecule has 1 saturated heterocycles. The lowest BCUT2D eigenvalue weighted by Gasteiger charge is -2.63. The highest BCUT2D eigenvalue weighted by molar-refractivity contribution is 5.87. The van der Waals surface area contributed by atoms with E-state index >= 15 is 0 Å². The Morgan fingerprint density at radius 1 is 1.24 bits per heavy atom. The smallest absolute Gasteiger partial charge is 0.344 e. The van der Waals surface area contributed by atoms with Gasteiger partial charge in [0.25, 0.3) is 0 Å². The predicted octanol–water partition coefficient (Wildman–Crippen LogP) is 1.64. The Balaban J connectivity index is 1.86. The van der Waals surface area contributed by atoms with Crippen molar-refractivity contribution in [3.63, 3.8) is 0 Å². The first-order valence-corrected chi connectivity index (χ1v) is 11.5. The quantitative estimate of drug-likeness (QED) is 0.541. The summed E-state index contributed by atoms with van der Waals surface area (Å²) in [6.45, 7) is 4.94. The fourth-order valence-corrected chi connectivity index (χ4v) is 7.68. The lowest BCUT2D eigenvalue weighted by molar-refractivity contribution is -0.228. The second kappa shape index (κ2) is 7.21. The Morgan fingerprint density at radius 2 is 2.00 bits per heavy atom. The summed E-state index contributed by atoms with van der Waals surface area (Å²) < 4.78 is 16.6. The minimum absolute atomic E-state index is 0.0589. The van der Waals surface area contributed by atoms with E-state index in [1.54, 1.807) is 7.11 Å². The number of hydrogen-bond donors (Lipinski definition) is 1. The first-order valence-electron chi connectivity index (χ1n) is 11.5. The van der Waals surface area contributed by atoms with Crippen LogP contribution in [0.4, 0.5) is 5.69 Å². The van der Waals surface area contributed by atoms with Gasteiger partial charge in [-0.3, -0.25) is 9.69 Å². The summed E-state index contributed by atoms with van der Waals surface area (Å²) in [5, 5.41) is 12.5. The Morgan fingerprint density at radius 3 is 2.64 bits per heavy atom. The third-order valence-corrected chi connectivity index (χ3v) is 8.62. The van der Waals surface area contributed by atoms with Gasteiger partial charge in [0.05, 0.1) is 20.3 Å². The molecule has 0 radical (unpaired) electrons. The lowest BCUT2D eigenvalue weighted by atomic mass is 9.47. The number of methoxy groups -OCH3 is 2. The summed E-state index contributed by atoms with van der Waals surface area (Å²) in [7, 11) is 4.77. The van der Waals surface area contributed by atoms with Gasteiger partial charge in [0.15, 0.2) is 6.10 Å². The monoisotopic (exact) mass is 456 g/mol. The molecule has 5 rings (SSSR count).